The molecule has 1 aromatic carbocycles. The van der Waals surface area contributed by atoms with Crippen molar-refractivity contribution < 1.29 is 19.8 Å². The van der Waals surface area contributed by atoms with E-state index in [0.29, 0.717) is 19.4 Å². The number of hydrogen-bond acceptors (Lipinski definition) is 4. The minimum Gasteiger partial charge on any atom is -0.504 e. The molecule has 2 amide bonds. The van der Waals surface area contributed by atoms with Gasteiger partial charge in [-0.15, -0.1) is 0 Å². The molecule has 0 bridgehead atoms. The number of nitrogens with one attached hydrogen (secondary N) is 1. The predicted octanol–water partition coefficient (Wildman–Crippen LogP) is 0.448. The van der Waals surface area contributed by atoms with Gasteiger partial charge in [-0.3, -0.25) is 9.59 Å². The number of amides is 2. The first-order chi connectivity index (χ1) is 8.97. The number of phenolic OH excluding ortho intramolecular Hbond substituents is 2. The smallest absolute Gasteiger partial charge is 0.251 e. The highest BCUT2D eigenvalue weighted by atomic mass is 16.3. The van der Waals surface area contributed by atoms with Crippen LogP contribution in [0.5, 0.6) is 11.5 Å². The van der Waals surface area contributed by atoms with Crippen LogP contribution < -0.4 is 5.32 Å². The second-order valence-corrected chi connectivity index (χ2v) is 4.69. The molecule has 6 nitrogen and oxygen atoms in total. The van der Waals surface area contributed by atoms with Crippen LogP contribution in [0.2, 0.25) is 0 Å². The van der Waals surface area contributed by atoms with Crippen LogP contribution >= 0.6 is 0 Å². The van der Waals surface area contributed by atoms with Crippen LogP contribution in [-0.2, 0) is 4.79 Å². The van der Waals surface area contributed by atoms with Crippen LogP contribution in [0, 0.1) is 0 Å². The fraction of sp³-hybridized carbons (Fsp3) is 0.385. The van der Waals surface area contributed by atoms with Crippen LogP contribution in [0.1, 0.15) is 23.2 Å². The van der Waals surface area contributed by atoms with Crippen molar-refractivity contribution in [1.82, 2.24) is 10.2 Å². The molecule has 1 aliphatic heterocycles. The second-order valence-electron chi connectivity index (χ2n) is 4.69. The average Bonchev–Trinajstić information content (AvgIpc) is 2.37. The normalized spacial score (nSPS) is 19.3. The Bertz CT molecular complexity index is 515. The van der Waals surface area contributed by atoms with Crippen LogP contribution in [0.25, 0.3) is 0 Å². The number of nitrogens with zero attached hydrogens (tertiary/aromatic N) is 1. The van der Waals surface area contributed by atoms with Gasteiger partial charge in [0.25, 0.3) is 5.91 Å². The molecule has 6 heteroatoms. The van der Waals surface area contributed by atoms with Crippen LogP contribution in [0.3, 0.4) is 0 Å². The Balaban J connectivity index is 2.01. The molecule has 102 valence electrons. The fourth-order valence-electron chi connectivity index (χ4n) is 2.06. The largest absolute Gasteiger partial charge is 0.504 e. The van der Waals surface area contributed by atoms with Crippen LogP contribution in [0.15, 0.2) is 18.2 Å². The maximum Gasteiger partial charge on any atom is 0.251 e. The van der Waals surface area contributed by atoms with Gasteiger partial charge in [0, 0.05) is 31.6 Å². The fourth-order valence-corrected chi connectivity index (χ4v) is 2.06. The summed E-state index contributed by atoms with van der Waals surface area (Å²) in [5.74, 6) is -0.848. The molecule has 0 aliphatic carbocycles. The second kappa shape index (κ2) is 5.17. The highest BCUT2D eigenvalue weighted by Crippen LogP contribution is 2.24. The first kappa shape index (κ1) is 13.2. The summed E-state index contributed by atoms with van der Waals surface area (Å²) in [4.78, 5) is 24.9. The van der Waals surface area contributed by atoms with E-state index in [4.69, 9.17) is 0 Å². The molecule has 1 aliphatic rings. The monoisotopic (exact) mass is 264 g/mol. The van der Waals surface area contributed by atoms with Gasteiger partial charge in [-0.05, 0) is 24.6 Å². The van der Waals surface area contributed by atoms with Gasteiger partial charge in [0.05, 0.1) is 0 Å². The van der Waals surface area contributed by atoms with Crippen molar-refractivity contribution in [2.75, 3.05) is 13.6 Å². The summed E-state index contributed by atoms with van der Waals surface area (Å²) >= 11 is 0. The van der Waals surface area contributed by atoms with Crippen molar-refractivity contribution in [3.8, 4) is 11.5 Å². The molecule has 1 atom stereocenters. The van der Waals surface area contributed by atoms with Crippen molar-refractivity contribution in [3.05, 3.63) is 23.8 Å². The average molecular weight is 264 g/mol. The Hall–Kier alpha value is -2.24. The van der Waals surface area contributed by atoms with Crippen molar-refractivity contribution in [1.29, 1.82) is 0 Å². The lowest BCUT2D eigenvalue weighted by Gasteiger charge is -2.30. The molecule has 1 fully saturated rings. The van der Waals surface area contributed by atoms with Crippen molar-refractivity contribution >= 4 is 11.8 Å². The number of aromatic hydroxyl groups is 2. The predicted molar refractivity (Wildman–Crippen MR) is 67.9 cm³/mol. The van der Waals surface area contributed by atoms with Crippen molar-refractivity contribution in [2.45, 2.75) is 18.9 Å². The van der Waals surface area contributed by atoms with E-state index in [1.165, 1.54) is 18.2 Å². The van der Waals surface area contributed by atoms with Crippen molar-refractivity contribution in [2.24, 2.45) is 0 Å². The number of rotatable bonds is 2. The minimum atomic E-state index is -0.331. The topological polar surface area (TPSA) is 89.9 Å². The van der Waals surface area contributed by atoms with E-state index in [1.54, 1.807) is 11.9 Å². The lowest BCUT2D eigenvalue weighted by Crippen LogP contribution is -2.48. The van der Waals surface area contributed by atoms with Gasteiger partial charge in [0.1, 0.15) is 0 Å². The molecule has 1 heterocycles. The number of hydrogen-bond donors (Lipinski definition) is 3. The van der Waals surface area contributed by atoms with Gasteiger partial charge >= 0.3 is 0 Å². The number of benzene rings is 1. The van der Waals surface area contributed by atoms with Crippen molar-refractivity contribution in [3.63, 3.8) is 0 Å². The summed E-state index contributed by atoms with van der Waals surface area (Å²) in [6, 6.07) is 3.82. The molecule has 2 rings (SSSR count). The number of likely N-dealkylation sites (N-methyl/N-ethyl adjacent to an activating group) is 1. The number of phenols is 2. The Morgan fingerprint density at radius 1 is 1.37 bits per heavy atom. The molecule has 1 aromatic rings. The molecule has 0 radical (unpaired) electrons. The van der Waals surface area contributed by atoms with Crippen LogP contribution in [-0.4, -0.2) is 46.6 Å². The summed E-state index contributed by atoms with van der Waals surface area (Å²) in [7, 11) is 1.70. The molecule has 19 heavy (non-hydrogen) atoms. The Kier molecular flexibility index (Phi) is 3.59. The lowest BCUT2D eigenvalue weighted by molar-refractivity contribution is -0.132. The van der Waals surface area contributed by atoms with Gasteiger partial charge in [0.2, 0.25) is 5.91 Å². The maximum atomic E-state index is 12.0. The molecular formula is C13H16N2O4. The number of carbonyl (C=O) groups excluding carboxylic acids is 2. The standard InChI is InChI=1S/C13H16N2O4/c1-15-7-9(3-5-12(15)18)14-13(19)8-2-4-10(16)11(17)6-8/h2,4,6,9,16-17H,3,5,7H2,1H3,(H,14,19). The SMILES string of the molecule is CN1CC(NC(=O)c2ccc(O)c(O)c2)CCC1=O. The third kappa shape index (κ3) is 2.96. The first-order valence-corrected chi connectivity index (χ1v) is 6.04. The van der Waals surface area contributed by atoms with E-state index in [9.17, 15) is 19.8 Å². The van der Waals surface area contributed by atoms with E-state index in [-0.39, 0.29) is 34.9 Å². The summed E-state index contributed by atoms with van der Waals surface area (Å²) in [6.07, 6.45) is 1.03. The zero-order valence-corrected chi connectivity index (χ0v) is 10.6. The highest BCUT2D eigenvalue weighted by molar-refractivity contribution is 5.95. The molecule has 0 saturated carbocycles. The third-order valence-corrected chi connectivity index (χ3v) is 3.20. The van der Waals surface area contributed by atoms with E-state index in [2.05, 4.69) is 5.32 Å². The Morgan fingerprint density at radius 2 is 2.11 bits per heavy atom. The number of likely N-dealkylation sites (tertiary alicyclic amines) is 1. The van der Waals surface area contributed by atoms with Gasteiger partial charge in [-0.25, -0.2) is 0 Å². The summed E-state index contributed by atoms with van der Waals surface area (Å²) in [5, 5.41) is 21.3. The summed E-state index contributed by atoms with van der Waals surface area (Å²) in [5.41, 5.74) is 0.273. The zero-order valence-electron chi connectivity index (χ0n) is 10.6. The molecule has 1 unspecified atom stereocenters. The number of piperidine rings is 1. The molecule has 0 spiro atoms. The minimum absolute atomic E-state index is 0.0766. The van der Waals surface area contributed by atoms with Gasteiger partial charge in [-0.1, -0.05) is 0 Å². The van der Waals surface area contributed by atoms with E-state index in [1.807, 2.05) is 0 Å². The van der Waals surface area contributed by atoms with Gasteiger partial charge in [-0.2, -0.15) is 0 Å². The Labute approximate surface area is 110 Å². The third-order valence-electron chi connectivity index (χ3n) is 3.20. The molecule has 0 aromatic heterocycles. The molecule has 1 saturated heterocycles. The summed E-state index contributed by atoms with van der Waals surface area (Å²) < 4.78 is 0. The first-order valence-electron chi connectivity index (χ1n) is 6.04. The quantitative estimate of drug-likeness (QED) is 0.676. The number of carbonyl (C=O) groups is 2. The van der Waals surface area contributed by atoms with E-state index in [0.717, 1.165) is 0 Å². The lowest BCUT2D eigenvalue weighted by atomic mass is 10.0. The van der Waals surface area contributed by atoms with E-state index < -0.39 is 0 Å². The Morgan fingerprint density at radius 3 is 2.74 bits per heavy atom. The van der Waals surface area contributed by atoms with Gasteiger partial charge < -0.3 is 20.4 Å². The van der Waals surface area contributed by atoms with Crippen LogP contribution in [0.4, 0.5) is 0 Å². The summed E-state index contributed by atoms with van der Waals surface area (Å²) in [6.45, 7) is 0.481. The van der Waals surface area contributed by atoms with E-state index >= 15 is 0 Å². The van der Waals surface area contributed by atoms with Gasteiger partial charge in [0.15, 0.2) is 11.5 Å². The zero-order chi connectivity index (χ0) is 14.0. The maximum absolute atomic E-state index is 12.0. The highest BCUT2D eigenvalue weighted by Gasteiger charge is 2.24. The molecular weight excluding hydrogens is 248 g/mol. The molecule has 3 N–H and O–H groups in total.